The molecule has 18 heavy (non-hydrogen) atoms. The topological polar surface area (TPSA) is 18.5 Å². The third-order valence-corrected chi connectivity index (χ3v) is 3.43. The van der Waals surface area contributed by atoms with Gasteiger partial charge >= 0.3 is 0 Å². The van der Waals surface area contributed by atoms with Gasteiger partial charge in [-0.05, 0) is 36.6 Å². The first-order valence-electron chi connectivity index (χ1n) is 6.15. The van der Waals surface area contributed by atoms with Crippen LogP contribution in [0.3, 0.4) is 0 Å². The fraction of sp³-hybridized carbons (Fsp3) is 0.125. The molecule has 0 radical (unpaired) electrons. The van der Waals surface area contributed by atoms with Crippen LogP contribution in [-0.2, 0) is 9.47 Å². The van der Waals surface area contributed by atoms with E-state index in [0.717, 1.165) is 41.3 Å². The highest BCUT2D eigenvalue weighted by atomic mass is 16.5. The van der Waals surface area contributed by atoms with Crippen LogP contribution in [0.2, 0.25) is 0 Å². The highest BCUT2D eigenvalue weighted by Gasteiger charge is 2.28. The third kappa shape index (κ3) is 1.35. The molecule has 0 saturated heterocycles. The van der Waals surface area contributed by atoms with Crippen molar-refractivity contribution in [2.24, 2.45) is 0 Å². The van der Waals surface area contributed by atoms with Gasteiger partial charge < -0.3 is 9.47 Å². The smallest absolute Gasteiger partial charge is 0.145 e. The minimum Gasteiger partial charge on any atom is -0.464 e. The van der Waals surface area contributed by atoms with Gasteiger partial charge in [-0.2, -0.15) is 0 Å². The van der Waals surface area contributed by atoms with Crippen molar-refractivity contribution in [2.75, 3.05) is 0 Å². The predicted octanol–water partition coefficient (Wildman–Crippen LogP) is 3.80. The van der Waals surface area contributed by atoms with Gasteiger partial charge in [0.15, 0.2) is 0 Å². The molecule has 88 valence electrons. The highest BCUT2D eigenvalue weighted by molar-refractivity contribution is 5.56. The second-order valence-electron chi connectivity index (χ2n) is 4.60. The molecule has 2 aliphatic heterocycles. The van der Waals surface area contributed by atoms with Gasteiger partial charge in [-0.1, -0.05) is 24.3 Å². The van der Waals surface area contributed by atoms with Crippen molar-refractivity contribution < 1.29 is 9.47 Å². The largest absolute Gasteiger partial charge is 0.464 e. The molecule has 0 aromatic rings. The first-order chi connectivity index (χ1) is 8.92. The summed E-state index contributed by atoms with van der Waals surface area (Å²) in [6, 6.07) is 0. The molecular weight excluding hydrogens is 224 g/mol. The van der Waals surface area contributed by atoms with E-state index >= 15 is 0 Å². The van der Waals surface area contributed by atoms with E-state index in [9.17, 15) is 0 Å². The van der Waals surface area contributed by atoms with Crippen LogP contribution in [0.1, 0.15) is 12.8 Å². The standard InChI is InChI=1S/C16H12O2/c1-3-7-14-11(5-1)9-12-10-17-15-8-4-2-6-13(15)16(12)18-14/h1-4,7-10H,5-6H2. The summed E-state index contributed by atoms with van der Waals surface area (Å²) in [7, 11) is 0. The number of rotatable bonds is 0. The molecule has 2 heteroatoms. The van der Waals surface area contributed by atoms with Crippen molar-refractivity contribution in [3.8, 4) is 0 Å². The molecule has 0 amide bonds. The quantitative estimate of drug-likeness (QED) is 0.637. The van der Waals surface area contributed by atoms with E-state index in [1.54, 1.807) is 6.26 Å². The van der Waals surface area contributed by atoms with E-state index in [-0.39, 0.29) is 0 Å². The molecule has 2 heterocycles. The molecule has 0 N–H and O–H groups in total. The molecule has 0 unspecified atom stereocenters. The summed E-state index contributed by atoms with van der Waals surface area (Å²) in [5.41, 5.74) is 3.40. The Morgan fingerprint density at radius 3 is 2.72 bits per heavy atom. The Bertz CT molecular complexity index is 634. The molecule has 0 saturated carbocycles. The maximum atomic E-state index is 6.06. The molecule has 0 aromatic carbocycles. The molecule has 0 spiro atoms. The highest BCUT2D eigenvalue weighted by Crippen LogP contribution is 2.40. The lowest BCUT2D eigenvalue weighted by molar-refractivity contribution is 0.277. The Labute approximate surface area is 106 Å². The third-order valence-electron chi connectivity index (χ3n) is 3.43. The van der Waals surface area contributed by atoms with Crippen molar-refractivity contribution in [3.63, 3.8) is 0 Å². The monoisotopic (exact) mass is 236 g/mol. The summed E-state index contributed by atoms with van der Waals surface area (Å²) in [6.07, 6.45) is 18.1. The number of ether oxygens (including phenoxy) is 2. The van der Waals surface area contributed by atoms with Crippen molar-refractivity contribution in [1.29, 1.82) is 0 Å². The Balaban J connectivity index is 1.86. The van der Waals surface area contributed by atoms with Gasteiger partial charge in [0, 0.05) is 5.57 Å². The second kappa shape index (κ2) is 3.64. The van der Waals surface area contributed by atoms with E-state index in [1.807, 2.05) is 24.3 Å². The first kappa shape index (κ1) is 9.77. The molecule has 4 aliphatic rings. The van der Waals surface area contributed by atoms with Gasteiger partial charge in [0.05, 0.1) is 5.57 Å². The Kier molecular flexibility index (Phi) is 1.97. The normalized spacial score (nSPS) is 23.6. The minimum atomic E-state index is 0.866. The van der Waals surface area contributed by atoms with Gasteiger partial charge in [0.25, 0.3) is 0 Å². The summed E-state index contributed by atoms with van der Waals surface area (Å²) in [6.45, 7) is 0. The van der Waals surface area contributed by atoms with Crippen molar-refractivity contribution >= 4 is 0 Å². The average molecular weight is 236 g/mol. The van der Waals surface area contributed by atoms with Gasteiger partial charge in [0.2, 0.25) is 0 Å². The summed E-state index contributed by atoms with van der Waals surface area (Å²) in [5.74, 6) is 2.81. The fourth-order valence-corrected chi connectivity index (χ4v) is 2.52. The molecule has 0 fully saturated rings. The molecule has 0 atom stereocenters. The van der Waals surface area contributed by atoms with Crippen molar-refractivity contribution in [3.05, 3.63) is 82.8 Å². The van der Waals surface area contributed by atoms with Crippen molar-refractivity contribution in [2.45, 2.75) is 12.8 Å². The number of hydrogen-bond acceptors (Lipinski definition) is 2. The minimum absolute atomic E-state index is 0.866. The van der Waals surface area contributed by atoms with Gasteiger partial charge in [-0.15, -0.1) is 0 Å². The Morgan fingerprint density at radius 1 is 0.944 bits per heavy atom. The van der Waals surface area contributed by atoms with Crippen LogP contribution in [0.15, 0.2) is 82.8 Å². The zero-order valence-corrected chi connectivity index (χ0v) is 9.85. The summed E-state index contributed by atoms with van der Waals surface area (Å²) in [4.78, 5) is 0. The van der Waals surface area contributed by atoms with Crippen molar-refractivity contribution in [1.82, 2.24) is 0 Å². The number of hydrogen-bond donors (Lipinski definition) is 0. The predicted molar refractivity (Wildman–Crippen MR) is 69.0 cm³/mol. The SMILES string of the molecule is C1=CCC2=CC3=COC4=CC=CCC4=C3OC2=C1. The fourth-order valence-electron chi connectivity index (χ4n) is 2.52. The van der Waals surface area contributed by atoms with Crippen LogP contribution in [0.5, 0.6) is 0 Å². The summed E-state index contributed by atoms with van der Waals surface area (Å²) >= 11 is 0. The van der Waals surface area contributed by atoms with Crippen LogP contribution < -0.4 is 0 Å². The zero-order chi connectivity index (χ0) is 11.9. The lowest BCUT2D eigenvalue weighted by atomic mass is 9.93. The molecule has 4 rings (SSSR count). The lowest BCUT2D eigenvalue weighted by Crippen LogP contribution is -2.14. The van der Waals surface area contributed by atoms with Crippen LogP contribution in [0.25, 0.3) is 0 Å². The maximum absolute atomic E-state index is 6.06. The average Bonchev–Trinajstić information content (AvgIpc) is 2.45. The molecule has 0 aromatic heterocycles. The maximum Gasteiger partial charge on any atom is 0.145 e. The lowest BCUT2D eigenvalue weighted by Gasteiger charge is -2.29. The second-order valence-corrected chi connectivity index (χ2v) is 4.60. The Hall–Kier alpha value is -2.22. The van der Waals surface area contributed by atoms with E-state index in [0.29, 0.717) is 0 Å². The number of allylic oxidation sites excluding steroid dienone is 9. The van der Waals surface area contributed by atoms with Crippen LogP contribution in [-0.4, -0.2) is 0 Å². The summed E-state index contributed by atoms with van der Waals surface area (Å²) < 4.78 is 11.7. The summed E-state index contributed by atoms with van der Waals surface area (Å²) in [5, 5.41) is 0. The molecule has 0 bridgehead atoms. The van der Waals surface area contributed by atoms with E-state index in [2.05, 4.69) is 18.2 Å². The van der Waals surface area contributed by atoms with Gasteiger partial charge in [-0.25, -0.2) is 0 Å². The van der Waals surface area contributed by atoms with Gasteiger partial charge in [-0.3, -0.25) is 0 Å². The van der Waals surface area contributed by atoms with Gasteiger partial charge in [0.1, 0.15) is 23.5 Å². The number of fused-ring (bicyclic) bond motifs is 3. The first-order valence-corrected chi connectivity index (χ1v) is 6.15. The van der Waals surface area contributed by atoms with E-state index in [4.69, 9.17) is 9.47 Å². The Morgan fingerprint density at radius 2 is 1.78 bits per heavy atom. The van der Waals surface area contributed by atoms with Crippen LogP contribution in [0.4, 0.5) is 0 Å². The molecular formula is C16H12O2. The van der Waals surface area contributed by atoms with Crippen LogP contribution >= 0.6 is 0 Å². The zero-order valence-electron chi connectivity index (χ0n) is 9.85. The molecule has 2 nitrogen and oxygen atoms in total. The van der Waals surface area contributed by atoms with Crippen LogP contribution in [0, 0.1) is 0 Å². The molecule has 2 aliphatic carbocycles. The van der Waals surface area contributed by atoms with E-state index in [1.165, 1.54) is 5.57 Å². The van der Waals surface area contributed by atoms with E-state index < -0.39 is 0 Å².